The van der Waals surface area contributed by atoms with Crippen LogP contribution in [0.15, 0.2) is 0 Å². The lowest BCUT2D eigenvalue weighted by atomic mass is 10.8. The molecule has 0 unspecified atom stereocenters. The van der Waals surface area contributed by atoms with Crippen LogP contribution in [0.5, 0.6) is 0 Å². The van der Waals surface area contributed by atoms with Crippen LogP contribution < -0.4 is 4.13 Å². The van der Waals surface area contributed by atoms with Crippen molar-refractivity contribution in [1.29, 1.82) is 0 Å². The molecule has 0 aliphatic carbocycles. The molecular formula is C4H5F6NO4S2. The summed E-state index contributed by atoms with van der Waals surface area (Å²) < 4.78 is 114. The molecule has 0 amide bonds. The highest BCUT2D eigenvalue weighted by atomic mass is 32.3. The lowest BCUT2D eigenvalue weighted by Crippen LogP contribution is -2.50. The number of hydrogen-bond acceptors (Lipinski definition) is 4. The van der Waals surface area contributed by atoms with E-state index in [9.17, 15) is 43.2 Å². The topological polar surface area (TPSA) is 80.3 Å². The summed E-state index contributed by atoms with van der Waals surface area (Å²) in [7, 11) is -12.5. The summed E-state index contributed by atoms with van der Waals surface area (Å²) in [6, 6.07) is 0. The van der Waals surface area contributed by atoms with Gasteiger partial charge in [0, 0.05) is 0 Å². The first-order valence-corrected chi connectivity index (χ1v) is 6.45. The van der Waals surface area contributed by atoms with Crippen LogP contribution in [0.2, 0.25) is 0 Å². The average Bonchev–Trinajstić information content (AvgIpc) is 2.15. The third-order valence-electron chi connectivity index (χ3n) is 1.32. The second kappa shape index (κ2) is 4.61. The van der Waals surface area contributed by atoms with E-state index in [-0.39, 0.29) is 4.13 Å². The van der Waals surface area contributed by atoms with Crippen molar-refractivity contribution in [1.82, 2.24) is 4.13 Å². The van der Waals surface area contributed by atoms with Gasteiger partial charge in [0.05, 0.1) is 0 Å². The number of sulfonamides is 2. The molecule has 0 bridgehead atoms. The minimum absolute atomic E-state index is 0.121. The minimum atomic E-state index is -6.25. The molecule has 0 aromatic carbocycles. The Labute approximate surface area is 91.9 Å². The Bertz CT molecular complexity index is 426. The van der Waals surface area contributed by atoms with E-state index in [2.05, 4.69) is 0 Å². The fourth-order valence-corrected chi connectivity index (χ4v) is 2.83. The molecule has 0 aromatic heterocycles. The highest BCUT2D eigenvalue weighted by Crippen LogP contribution is 2.26. The molecule has 0 saturated carbocycles. The highest BCUT2D eigenvalue weighted by molar-refractivity contribution is 8.05. The largest absolute Gasteiger partial charge is 0.387 e. The molecule has 0 saturated heterocycles. The maximum Gasteiger partial charge on any atom is 0.387 e. The third-order valence-corrected chi connectivity index (χ3v) is 4.86. The van der Waals surface area contributed by atoms with Gasteiger partial charge in [0.2, 0.25) is 0 Å². The van der Waals surface area contributed by atoms with Gasteiger partial charge in [0.15, 0.2) is 13.3 Å². The van der Waals surface area contributed by atoms with Crippen LogP contribution in [0.25, 0.3) is 0 Å². The lowest BCUT2D eigenvalue weighted by Gasteiger charge is -2.17. The van der Waals surface area contributed by atoms with Crippen LogP contribution in [0.4, 0.5) is 26.3 Å². The molecule has 0 heterocycles. The van der Waals surface area contributed by atoms with E-state index in [0.29, 0.717) is 0 Å². The summed E-state index contributed by atoms with van der Waals surface area (Å²) in [6.45, 7) is -5.67. The predicted octanol–water partition coefficient (Wildman–Crippen LogP) is 0.360. The SMILES string of the molecule is O=S(=O)(NS(=O)(=O)C(F)(F)CF)C(F)(F)CF. The third kappa shape index (κ3) is 3.22. The smallest absolute Gasteiger partial charge is 0.243 e. The monoisotopic (exact) mass is 309 g/mol. The van der Waals surface area contributed by atoms with E-state index in [1.54, 1.807) is 0 Å². The van der Waals surface area contributed by atoms with Crippen LogP contribution in [-0.2, 0) is 20.0 Å². The maximum absolute atomic E-state index is 12.3. The molecule has 0 rings (SSSR count). The van der Waals surface area contributed by atoms with Crippen molar-refractivity contribution in [3.8, 4) is 0 Å². The normalized spacial score (nSPS) is 14.9. The van der Waals surface area contributed by atoms with Gasteiger partial charge in [-0.3, -0.25) is 0 Å². The van der Waals surface area contributed by atoms with Gasteiger partial charge in [0.25, 0.3) is 20.0 Å². The Kier molecular flexibility index (Phi) is 4.45. The second-order valence-corrected chi connectivity index (χ2v) is 6.51. The van der Waals surface area contributed by atoms with E-state index in [1.807, 2.05) is 0 Å². The Morgan fingerprint density at radius 3 is 1.18 bits per heavy atom. The molecule has 0 aromatic rings. The molecule has 1 N–H and O–H groups in total. The number of alkyl halides is 6. The first kappa shape index (κ1) is 16.4. The Balaban J connectivity index is 5.40. The summed E-state index contributed by atoms with van der Waals surface area (Å²) in [5.41, 5.74) is 0. The molecule has 0 radical (unpaired) electrons. The predicted molar refractivity (Wildman–Crippen MR) is 42.8 cm³/mol. The Morgan fingerprint density at radius 2 is 1.00 bits per heavy atom. The zero-order valence-electron chi connectivity index (χ0n) is 7.63. The zero-order valence-corrected chi connectivity index (χ0v) is 9.26. The highest BCUT2D eigenvalue weighted by Gasteiger charge is 2.54. The molecule has 13 heteroatoms. The molecule has 0 spiro atoms. The van der Waals surface area contributed by atoms with Gasteiger partial charge in [-0.25, -0.2) is 25.6 Å². The van der Waals surface area contributed by atoms with Crippen molar-refractivity contribution in [2.24, 2.45) is 0 Å². The van der Waals surface area contributed by atoms with Crippen LogP contribution >= 0.6 is 0 Å². The fourth-order valence-electron chi connectivity index (χ4n) is 0.410. The van der Waals surface area contributed by atoms with E-state index in [0.717, 1.165) is 0 Å². The van der Waals surface area contributed by atoms with Crippen molar-refractivity contribution < 1.29 is 43.2 Å². The number of nitrogens with one attached hydrogen (secondary N) is 1. The zero-order chi connectivity index (χ0) is 14.1. The number of hydrogen-bond donors (Lipinski definition) is 1. The van der Waals surface area contributed by atoms with Crippen LogP contribution in [-0.4, -0.2) is 40.7 Å². The molecule has 104 valence electrons. The van der Waals surface area contributed by atoms with Crippen molar-refractivity contribution in [3.63, 3.8) is 0 Å². The first-order chi connectivity index (χ1) is 7.33. The van der Waals surface area contributed by atoms with E-state index < -0.39 is 43.9 Å². The van der Waals surface area contributed by atoms with Gasteiger partial charge in [-0.2, -0.15) is 17.6 Å². The molecule has 0 fully saturated rings. The minimum Gasteiger partial charge on any atom is -0.243 e. The molecule has 0 aliphatic rings. The van der Waals surface area contributed by atoms with Crippen LogP contribution in [0, 0.1) is 0 Å². The van der Waals surface area contributed by atoms with Crippen molar-refractivity contribution >= 4 is 20.0 Å². The molecule has 0 atom stereocenters. The van der Waals surface area contributed by atoms with Gasteiger partial charge >= 0.3 is 10.5 Å². The van der Waals surface area contributed by atoms with Crippen molar-refractivity contribution in [2.45, 2.75) is 10.5 Å². The summed E-state index contributed by atoms with van der Waals surface area (Å²) in [5.74, 6) is 0. The summed E-state index contributed by atoms with van der Waals surface area (Å²) >= 11 is 0. The molecular weight excluding hydrogens is 304 g/mol. The molecule has 17 heavy (non-hydrogen) atoms. The number of halogens is 6. The molecule has 5 nitrogen and oxygen atoms in total. The van der Waals surface area contributed by atoms with Gasteiger partial charge < -0.3 is 0 Å². The van der Waals surface area contributed by atoms with Gasteiger partial charge in [-0.15, -0.1) is 0 Å². The Morgan fingerprint density at radius 1 is 0.765 bits per heavy atom. The number of rotatable bonds is 6. The van der Waals surface area contributed by atoms with E-state index >= 15 is 0 Å². The first-order valence-electron chi connectivity index (χ1n) is 3.48. The summed E-state index contributed by atoms with van der Waals surface area (Å²) in [5, 5.41) is -10.5. The summed E-state index contributed by atoms with van der Waals surface area (Å²) in [4.78, 5) is 0. The molecule has 0 aliphatic heterocycles. The van der Waals surface area contributed by atoms with Gasteiger partial charge in [-0.1, -0.05) is 4.13 Å². The average molecular weight is 309 g/mol. The second-order valence-electron chi connectivity index (χ2n) is 2.63. The van der Waals surface area contributed by atoms with E-state index in [1.165, 1.54) is 0 Å². The van der Waals surface area contributed by atoms with Crippen LogP contribution in [0.3, 0.4) is 0 Å². The fraction of sp³-hybridized carbons (Fsp3) is 1.00. The van der Waals surface area contributed by atoms with Crippen molar-refractivity contribution in [2.75, 3.05) is 13.3 Å². The summed E-state index contributed by atoms with van der Waals surface area (Å²) in [6.07, 6.45) is 0. The quantitative estimate of drug-likeness (QED) is 0.718. The lowest BCUT2D eigenvalue weighted by molar-refractivity contribution is 0.0571. The van der Waals surface area contributed by atoms with Crippen LogP contribution in [0.1, 0.15) is 0 Å². The standard InChI is InChI=1S/C4H5F6NO4S2/c5-1-3(7,8)16(12,13)11-17(14,15)4(9,10)2-6/h11H,1-2H2. The van der Waals surface area contributed by atoms with E-state index in [4.69, 9.17) is 0 Å². The van der Waals surface area contributed by atoms with Gasteiger partial charge in [-0.05, 0) is 0 Å². The Hall–Kier alpha value is -0.560. The van der Waals surface area contributed by atoms with Gasteiger partial charge in [0.1, 0.15) is 0 Å². The maximum atomic E-state index is 12.3. The van der Waals surface area contributed by atoms with Crippen molar-refractivity contribution in [3.05, 3.63) is 0 Å².